The Morgan fingerprint density at radius 1 is 0.981 bits per heavy atom. The zero-order chi connectivity index (χ0) is 37.2. The molecule has 5 aliphatic rings. The third-order valence-corrected chi connectivity index (χ3v) is 14.5. The maximum Gasteiger partial charge on any atom is 0.248 e. The van der Waals surface area contributed by atoms with Gasteiger partial charge >= 0.3 is 0 Å². The molecule has 1 unspecified atom stereocenters. The van der Waals surface area contributed by atoms with Crippen LogP contribution in [-0.2, 0) is 25.6 Å². The number of furan rings is 1. The van der Waals surface area contributed by atoms with E-state index in [1.807, 2.05) is 0 Å². The molecule has 0 bridgehead atoms. The smallest absolute Gasteiger partial charge is 0.248 e. The normalized spacial score (nSPS) is 34.9. The molecule has 4 N–H and O–H groups in total. The Labute approximate surface area is 309 Å². The number of rotatable bonds is 13. The van der Waals surface area contributed by atoms with Crippen molar-refractivity contribution in [3.05, 3.63) is 30.5 Å². The highest BCUT2D eigenvalue weighted by Gasteiger charge is 2.62. The maximum absolute atomic E-state index is 12.8. The third-order valence-electron chi connectivity index (χ3n) is 14.5. The molecule has 4 aliphatic carbocycles. The Kier molecular flexibility index (Phi) is 11.9. The quantitative estimate of drug-likeness (QED) is 0.172. The van der Waals surface area contributed by atoms with Crippen LogP contribution in [0.4, 0.5) is 5.88 Å². The fourth-order valence-electron chi connectivity index (χ4n) is 11.6. The van der Waals surface area contributed by atoms with Crippen molar-refractivity contribution in [3.8, 4) is 0 Å². The van der Waals surface area contributed by atoms with Crippen LogP contribution in [0.3, 0.4) is 0 Å². The highest BCUT2D eigenvalue weighted by Crippen LogP contribution is 2.68. The van der Waals surface area contributed by atoms with Gasteiger partial charge in [-0.3, -0.25) is 24.1 Å². The van der Waals surface area contributed by atoms with Crippen molar-refractivity contribution in [2.75, 3.05) is 37.6 Å². The Morgan fingerprint density at radius 2 is 1.69 bits per heavy atom. The molecule has 0 spiro atoms. The molecule has 0 aromatic carbocycles. The number of amides is 4. The van der Waals surface area contributed by atoms with Crippen molar-refractivity contribution in [2.24, 2.45) is 46.3 Å². The summed E-state index contributed by atoms with van der Waals surface area (Å²) in [6, 6.07) is 3.48. The highest BCUT2D eigenvalue weighted by molar-refractivity contribution is 5.98. The summed E-state index contributed by atoms with van der Waals surface area (Å²) >= 11 is 0. The van der Waals surface area contributed by atoms with Gasteiger partial charge in [0.15, 0.2) is 0 Å². The van der Waals surface area contributed by atoms with Crippen molar-refractivity contribution < 1.29 is 33.8 Å². The number of nitrogens with zero attached hydrogens (tertiary/aromatic N) is 2. The number of aliphatic hydroxyl groups excluding tert-OH is 2. The highest BCUT2D eigenvalue weighted by atomic mass is 16.4. The standard InChI is InChI=1S/C41H62N4O7/c1-5-36(50)44-21-22-45(37(51)25-44)38-14-9-29(52-38)8-13-35(49)43-20-6-19-42-34(48)12-7-26(2)30-10-11-31-39-32(16-18-41(30,31)4)40(3)17-15-28(46)23-27(40)24-33(39)47/h5,9,14,26-28,30-33,39,46-47H,1,6-8,10-13,15-25H2,2-4H3,(H,42,48)(H,43,49)/t26-,27?,28-,30-,31+,32+,33-,39+,40+,41-/m1/s1. The lowest BCUT2D eigenvalue weighted by molar-refractivity contribution is -0.174. The summed E-state index contributed by atoms with van der Waals surface area (Å²) in [4.78, 5) is 52.5. The Hall–Kier alpha value is -3.18. The average Bonchev–Trinajstić information content (AvgIpc) is 3.74. The van der Waals surface area contributed by atoms with Gasteiger partial charge in [0.25, 0.3) is 0 Å². The Morgan fingerprint density at radius 3 is 2.42 bits per heavy atom. The van der Waals surface area contributed by atoms with Crippen LogP contribution in [-0.4, -0.2) is 83.7 Å². The van der Waals surface area contributed by atoms with Gasteiger partial charge in [0.05, 0.1) is 12.2 Å². The number of hydrogen-bond acceptors (Lipinski definition) is 7. The molecule has 11 heteroatoms. The van der Waals surface area contributed by atoms with E-state index in [9.17, 15) is 29.4 Å². The molecule has 1 saturated heterocycles. The molecule has 1 aliphatic heterocycles. The summed E-state index contributed by atoms with van der Waals surface area (Å²) in [5.41, 5.74) is 0.437. The summed E-state index contributed by atoms with van der Waals surface area (Å²) in [5, 5.41) is 27.8. The molecule has 10 atom stereocenters. The van der Waals surface area contributed by atoms with E-state index in [-0.39, 0.29) is 59.6 Å². The van der Waals surface area contributed by atoms with E-state index >= 15 is 0 Å². The molecule has 6 rings (SSSR count). The number of fused-ring (bicyclic) bond motifs is 5. The number of hydrogen-bond donors (Lipinski definition) is 4. The van der Waals surface area contributed by atoms with Gasteiger partial charge in [0.1, 0.15) is 12.3 Å². The van der Waals surface area contributed by atoms with Crippen molar-refractivity contribution in [1.82, 2.24) is 15.5 Å². The molecule has 1 aromatic rings. The van der Waals surface area contributed by atoms with Crippen LogP contribution in [0, 0.1) is 46.3 Å². The van der Waals surface area contributed by atoms with Crippen LogP contribution >= 0.6 is 0 Å². The first-order chi connectivity index (χ1) is 24.8. The van der Waals surface area contributed by atoms with Crippen LogP contribution in [0.15, 0.2) is 29.2 Å². The minimum Gasteiger partial charge on any atom is -0.445 e. The summed E-state index contributed by atoms with van der Waals surface area (Å²) in [7, 11) is 0. The summed E-state index contributed by atoms with van der Waals surface area (Å²) < 4.78 is 5.83. The largest absolute Gasteiger partial charge is 0.445 e. The Bertz CT molecular complexity index is 1480. The SMILES string of the molecule is C=CC(=O)N1CCN(c2ccc(CCC(=O)NCCCNC(=O)CC[C@@H](C)[C@H]3CC[C@H]4[C@@H]5[C@H](O)CC6C[C@H](O)CC[C@]6(C)[C@H]5CC[C@]34C)o2)C(=O)C1. The van der Waals surface area contributed by atoms with E-state index in [0.29, 0.717) is 92.6 Å². The zero-order valence-corrected chi connectivity index (χ0v) is 31.6. The van der Waals surface area contributed by atoms with Crippen LogP contribution in [0.25, 0.3) is 0 Å². The fourth-order valence-corrected chi connectivity index (χ4v) is 11.6. The topological polar surface area (TPSA) is 152 Å². The second-order valence-corrected chi connectivity index (χ2v) is 17.3. The van der Waals surface area contributed by atoms with Crippen molar-refractivity contribution in [3.63, 3.8) is 0 Å². The number of aryl methyl sites for hydroxylation is 1. The number of nitrogens with one attached hydrogen (secondary N) is 2. The van der Waals surface area contributed by atoms with Crippen LogP contribution < -0.4 is 15.5 Å². The van der Waals surface area contributed by atoms with Gasteiger partial charge in [-0.2, -0.15) is 0 Å². The van der Waals surface area contributed by atoms with Crippen molar-refractivity contribution in [2.45, 2.75) is 116 Å². The molecule has 288 valence electrons. The lowest BCUT2D eigenvalue weighted by atomic mass is 9.43. The number of carbonyl (C=O) groups excluding carboxylic acids is 4. The van der Waals surface area contributed by atoms with Gasteiger partial charge in [-0.15, -0.1) is 0 Å². The van der Waals surface area contributed by atoms with E-state index in [2.05, 4.69) is 38.0 Å². The van der Waals surface area contributed by atoms with Gasteiger partial charge in [-0.1, -0.05) is 27.4 Å². The first kappa shape index (κ1) is 38.5. The number of piperazine rings is 1. The van der Waals surface area contributed by atoms with Gasteiger partial charge in [0.2, 0.25) is 29.5 Å². The molecule has 5 fully saturated rings. The summed E-state index contributed by atoms with van der Waals surface area (Å²) in [5.74, 6) is 3.35. The molecular formula is C41H62N4O7. The van der Waals surface area contributed by atoms with Crippen molar-refractivity contribution >= 4 is 29.5 Å². The number of carbonyl (C=O) groups is 4. The van der Waals surface area contributed by atoms with E-state index in [1.165, 1.54) is 41.6 Å². The molecule has 11 nitrogen and oxygen atoms in total. The van der Waals surface area contributed by atoms with Crippen LogP contribution in [0.2, 0.25) is 0 Å². The van der Waals surface area contributed by atoms with Gasteiger partial charge in [-0.25, -0.2) is 0 Å². The molecule has 0 radical (unpaired) electrons. The van der Waals surface area contributed by atoms with E-state index < -0.39 is 0 Å². The number of aliphatic hydroxyl groups is 2. The van der Waals surface area contributed by atoms with Gasteiger partial charge in [0, 0.05) is 51.5 Å². The van der Waals surface area contributed by atoms with Gasteiger partial charge < -0.3 is 30.2 Å². The first-order valence-corrected chi connectivity index (χ1v) is 20.0. The van der Waals surface area contributed by atoms with Crippen LogP contribution in [0.5, 0.6) is 0 Å². The molecular weight excluding hydrogens is 660 g/mol. The third kappa shape index (κ3) is 7.86. The molecule has 52 heavy (non-hydrogen) atoms. The maximum atomic E-state index is 12.8. The first-order valence-electron chi connectivity index (χ1n) is 20.0. The second kappa shape index (κ2) is 16.0. The molecule has 2 heterocycles. The minimum atomic E-state index is -0.270. The van der Waals surface area contributed by atoms with Gasteiger partial charge in [-0.05, 0) is 123 Å². The molecule has 4 saturated carbocycles. The average molecular weight is 723 g/mol. The minimum absolute atomic E-state index is 0.0232. The second-order valence-electron chi connectivity index (χ2n) is 17.3. The van der Waals surface area contributed by atoms with Crippen molar-refractivity contribution in [1.29, 1.82) is 0 Å². The predicted molar refractivity (Wildman–Crippen MR) is 198 cm³/mol. The van der Waals surface area contributed by atoms with E-state index in [4.69, 9.17) is 4.42 Å². The fraction of sp³-hybridized carbons (Fsp3) is 0.756. The van der Waals surface area contributed by atoms with E-state index in [1.54, 1.807) is 12.1 Å². The Balaban J connectivity index is 0.864. The summed E-state index contributed by atoms with van der Waals surface area (Å²) in [6.07, 6.45) is 11.8. The lowest BCUT2D eigenvalue weighted by Gasteiger charge is -2.62. The monoisotopic (exact) mass is 722 g/mol. The summed E-state index contributed by atoms with van der Waals surface area (Å²) in [6.45, 7) is 12.4. The van der Waals surface area contributed by atoms with Crippen LogP contribution in [0.1, 0.15) is 104 Å². The molecule has 1 aromatic heterocycles. The predicted octanol–water partition coefficient (Wildman–Crippen LogP) is 4.60. The number of anilines is 1. The molecule has 4 amide bonds. The van der Waals surface area contributed by atoms with E-state index in [0.717, 1.165) is 32.1 Å². The lowest BCUT2D eigenvalue weighted by Crippen LogP contribution is -2.58. The zero-order valence-electron chi connectivity index (χ0n) is 31.6.